The number of nitrogens with one attached hydrogen (secondary N) is 1. The number of aliphatic imine (C=N–C) groups is 1. The molecule has 2 aromatic carbocycles. The summed E-state index contributed by atoms with van der Waals surface area (Å²) in [6.07, 6.45) is 3.42. The van der Waals surface area contributed by atoms with Crippen LogP contribution in [0.4, 0.5) is 0 Å². The van der Waals surface area contributed by atoms with Gasteiger partial charge in [0, 0.05) is 6.20 Å². The number of carbonyl (C=O) groups is 1. The third-order valence-electron chi connectivity index (χ3n) is 4.26. The Morgan fingerprint density at radius 1 is 1.28 bits per heavy atom. The third kappa shape index (κ3) is 4.63. The molecule has 0 aromatic heterocycles. The SMILES string of the molecule is Cc1cccc(COc2ccc(/C=C3\C(=N)N4C=CSC4=NC3=O)cc2Br)c1.Cl. The second-order valence-corrected chi connectivity index (χ2v) is 8.07. The van der Waals surface area contributed by atoms with E-state index in [1.165, 1.54) is 17.3 Å². The molecular weight excluding hydrogens is 474 g/mol. The Morgan fingerprint density at radius 2 is 2.10 bits per heavy atom. The first kappa shape index (κ1) is 21.4. The third-order valence-corrected chi connectivity index (χ3v) is 5.63. The van der Waals surface area contributed by atoms with Gasteiger partial charge in [-0.1, -0.05) is 47.7 Å². The van der Waals surface area contributed by atoms with Gasteiger partial charge in [-0.05, 0) is 57.6 Å². The standard InChI is InChI=1S/C21H16BrN3O2S.ClH/c1-13-3-2-4-15(9-13)12-27-18-6-5-14(11-17(18)22)10-16-19(23)25-7-8-28-21(25)24-20(16)26;/h2-11,23H,12H2,1H3;1H/b16-10+,23-19?;. The largest absolute Gasteiger partial charge is 0.488 e. The van der Waals surface area contributed by atoms with Crippen LogP contribution in [-0.2, 0) is 11.4 Å². The van der Waals surface area contributed by atoms with Crippen molar-refractivity contribution in [2.24, 2.45) is 4.99 Å². The van der Waals surface area contributed by atoms with E-state index in [4.69, 9.17) is 10.1 Å². The Bertz CT molecular complexity index is 1080. The molecule has 0 aliphatic carbocycles. The lowest BCUT2D eigenvalue weighted by Crippen LogP contribution is -2.35. The maximum Gasteiger partial charge on any atom is 0.283 e. The molecule has 8 heteroatoms. The Hall–Kier alpha value is -2.35. The number of ether oxygens (including phenoxy) is 1. The highest BCUT2D eigenvalue weighted by Gasteiger charge is 2.30. The Morgan fingerprint density at radius 3 is 2.86 bits per heavy atom. The van der Waals surface area contributed by atoms with Crippen molar-refractivity contribution in [3.8, 4) is 5.75 Å². The molecule has 0 fully saturated rings. The monoisotopic (exact) mass is 489 g/mol. The smallest absolute Gasteiger partial charge is 0.283 e. The van der Waals surface area contributed by atoms with Crippen LogP contribution in [-0.4, -0.2) is 21.8 Å². The van der Waals surface area contributed by atoms with Gasteiger partial charge in [0.25, 0.3) is 5.91 Å². The summed E-state index contributed by atoms with van der Waals surface area (Å²) >= 11 is 4.86. The molecule has 0 saturated carbocycles. The van der Waals surface area contributed by atoms with Gasteiger partial charge in [-0.2, -0.15) is 4.99 Å². The highest BCUT2D eigenvalue weighted by Crippen LogP contribution is 2.30. The summed E-state index contributed by atoms with van der Waals surface area (Å²) in [5, 5.41) is 10.6. The van der Waals surface area contributed by atoms with E-state index in [2.05, 4.69) is 40.0 Å². The van der Waals surface area contributed by atoms with Crippen molar-refractivity contribution in [1.29, 1.82) is 5.41 Å². The van der Waals surface area contributed by atoms with Crippen LogP contribution in [0.2, 0.25) is 0 Å². The number of amides is 1. The molecular formula is C21H17BrClN3O2S. The molecule has 2 aliphatic heterocycles. The summed E-state index contributed by atoms with van der Waals surface area (Å²) in [6, 6.07) is 13.8. The zero-order valence-corrected chi connectivity index (χ0v) is 18.6. The van der Waals surface area contributed by atoms with Gasteiger partial charge in [0.15, 0.2) is 5.17 Å². The number of hydrogen-bond acceptors (Lipinski definition) is 4. The number of benzene rings is 2. The van der Waals surface area contributed by atoms with Crippen LogP contribution in [0.5, 0.6) is 5.75 Å². The lowest BCUT2D eigenvalue weighted by atomic mass is 10.1. The maximum atomic E-state index is 12.3. The zero-order valence-electron chi connectivity index (χ0n) is 15.4. The van der Waals surface area contributed by atoms with Crippen molar-refractivity contribution in [3.63, 3.8) is 0 Å². The van der Waals surface area contributed by atoms with E-state index >= 15 is 0 Å². The first-order valence-corrected chi connectivity index (χ1v) is 10.2. The molecule has 0 saturated heterocycles. The molecule has 1 amide bonds. The number of carbonyl (C=O) groups excluding carboxylic acids is 1. The molecule has 5 nitrogen and oxygen atoms in total. The van der Waals surface area contributed by atoms with Gasteiger partial charge in [-0.25, -0.2) is 0 Å². The van der Waals surface area contributed by atoms with Crippen molar-refractivity contribution in [2.45, 2.75) is 13.5 Å². The molecule has 0 atom stereocenters. The maximum absolute atomic E-state index is 12.3. The number of nitrogens with zero attached hydrogens (tertiary/aromatic N) is 2. The molecule has 2 aliphatic rings. The Kier molecular flexibility index (Phi) is 6.62. The van der Waals surface area contributed by atoms with Gasteiger partial charge in [0.05, 0.1) is 10.0 Å². The summed E-state index contributed by atoms with van der Waals surface area (Å²) < 4.78 is 6.69. The van der Waals surface area contributed by atoms with Crippen molar-refractivity contribution in [1.82, 2.24) is 4.90 Å². The van der Waals surface area contributed by atoms with E-state index in [1.54, 1.807) is 22.6 Å². The average Bonchev–Trinajstić information content (AvgIpc) is 3.13. The van der Waals surface area contributed by atoms with Gasteiger partial charge in [0.2, 0.25) is 0 Å². The molecule has 1 N–H and O–H groups in total. The number of hydrogen-bond donors (Lipinski definition) is 1. The van der Waals surface area contributed by atoms with Gasteiger partial charge in [-0.3, -0.25) is 15.1 Å². The number of amidine groups is 2. The number of rotatable bonds is 4. The molecule has 0 unspecified atom stereocenters. The predicted molar refractivity (Wildman–Crippen MR) is 124 cm³/mol. The first-order valence-electron chi connectivity index (χ1n) is 8.55. The fourth-order valence-corrected chi connectivity index (χ4v) is 4.10. The second kappa shape index (κ2) is 8.98. The van der Waals surface area contributed by atoms with E-state index in [9.17, 15) is 4.79 Å². The first-order chi connectivity index (χ1) is 13.5. The molecule has 29 heavy (non-hydrogen) atoms. The molecule has 0 radical (unpaired) electrons. The van der Waals surface area contributed by atoms with Crippen LogP contribution in [0.3, 0.4) is 0 Å². The van der Waals surface area contributed by atoms with Gasteiger partial charge in [0.1, 0.15) is 18.2 Å². The number of aryl methyl sites for hydroxylation is 1. The van der Waals surface area contributed by atoms with E-state index in [-0.39, 0.29) is 23.8 Å². The normalized spacial score (nSPS) is 16.6. The van der Waals surface area contributed by atoms with Crippen LogP contribution in [0.1, 0.15) is 16.7 Å². The second-order valence-electron chi connectivity index (χ2n) is 6.35. The highest BCUT2D eigenvalue weighted by atomic mass is 79.9. The molecule has 148 valence electrons. The van der Waals surface area contributed by atoms with Crippen LogP contribution in [0, 0.1) is 12.3 Å². The van der Waals surface area contributed by atoms with Crippen LogP contribution < -0.4 is 4.74 Å². The molecule has 0 bridgehead atoms. The van der Waals surface area contributed by atoms with Crippen LogP contribution in [0.25, 0.3) is 6.08 Å². The quantitative estimate of drug-likeness (QED) is 0.572. The van der Waals surface area contributed by atoms with Crippen molar-refractivity contribution in [2.75, 3.05) is 0 Å². The van der Waals surface area contributed by atoms with E-state index in [0.29, 0.717) is 17.5 Å². The molecule has 0 spiro atoms. The molecule has 2 heterocycles. The van der Waals surface area contributed by atoms with E-state index in [1.807, 2.05) is 30.3 Å². The zero-order chi connectivity index (χ0) is 19.7. The predicted octanol–water partition coefficient (Wildman–Crippen LogP) is 5.54. The Balaban J connectivity index is 0.00000240. The minimum Gasteiger partial charge on any atom is -0.488 e. The van der Waals surface area contributed by atoms with Crippen molar-refractivity contribution >= 4 is 63.1 Å². The topological polar surface area (TPSA) is 65.8 Å². The van der Waals surface area contributed by atoms with E-state index < -0.39 is 5.91 Å². The summed E-state index contributed by atoms with van der Waals surface area (Å²) in [6.45, 7) is 2.52. The average molecular weight is 491 g/mol. The van der Waals surface area contributed by atoms with Gasteiger partial charge >= 0.3 is 0 Å². The van der Waals surface area contributed by atoms with Crippen LogP contribution in [0.15, 0.2) is 69.1 Å². The van der Waals surface area contributed by atoms with Gasteiger partial charge in [-0.15, -0.1) is 12.4 Å². The van der Waals surface area contributed by atoms with E-state index in [0.717, 1.165) is 15.6 Å². The lowest BCUT2D eigenvalue weighted by molar-refractivity contribution is -0.114. The Labute approximate surface area is 187 Å². The summed E-state index contributed by atoms with van der Waals surface area (Å²) in [5.74, 6) is 0.448. The number of halogens is 2. The fraction of sp³-hybridized carbons (Fsp3) is 0.0952. The summed E-state index contributed by atoms with van der Waals surface area (Å²) in [7, 11) is 0. The summed E-state index contributed by atoms with van der Waals surface area (Å²) in [5.41, 5.74) is 3.34. The number of thioether (sulfide) groups is 1. The van der Waals surface area contributed by atoms with Crippen molar-refractivity contribution < 1.29 is 9.53 Å². The lowest BCUT2D eigenvalue weighted by Gasteiger charge is -2.22. The van der Waals surface area contributed by atoms with Crippen molar-refractivity contribution in [3.05, 3.63) is 80.8 Å². The fourth-order valence-electron chi connectivity index (χ4n) is 2.88. The highest BCUT2D eigenvalue weighted by molar-refractivity contribution is 9.10. The van der Waals surface area contributed by atoms with Crippen LogP contribution >= 0.6 is 40.1 Å². The summed E-state index contributed by atoms with van der Waals surface area (Å²) in [4.78, 5) is 17.9. The minimum absolute atomic E-state index is 0. The minimum atomic E-state index is -0.400. The molecule has 2 aromatic rings. The van der Waals surface area contributed by atoms with Gasteiger partial charge < -0.3 is 4.74 Å². The number of fused-ring (bicyclic) bond motifs is 1. The molecule has 4 rings (SSSR count).